The number of nitrogens with zero attached hydrogens (tertiary/aromatic N) is 2. The van der Waals surface area contributed by atoms with E-state index >= 15 is 0 Å². The largest absolute Gasteiger partial charge is 0.497 e. The van der Waals surface area contributed by atoms with E-state index in [1.165, 1.54) is 5.56 Å². The quantitative estimate of drug-likeness (QED) is 0.689. The summed E-state index contributed by atoms with van der Waals surface area (Å²) in [5, 5.41) is -0.0108. The van der Waals surface area contributed by atoms with Gasteiger partial charge in [0.1, 0.15) is 5.75 Å². The lowest BCUT2D eigenvalue weighted by molar-refractivity contribution is 0.292. The Morgan fingerprint density at radius 2 is 1.82 bits per heavy atom. The van der Waals surface area contributed by atoms with Crippen molar-refractivity contribution in [2.45, 2.75) is 18.7 Å². The number of methoxy groups -OCH3 is 1. The van der Waals surface area contributed by atoms with Gasteiger partial charge >= 0.3 is 0 Å². The lowest BCUT2D eigenvalue weighted by Gasteiger charge is -2.23. The number of benzene rings is 1. The first-order valence-electron chi connectivity index (χ1n) is 7.62. The predicted molar refractivity (Wildman–Crippen MR) is 91.6 cm³/mol. The summed E-state index contributed by atoms with van der Waals surface area (Å²) in [4.78, 5) is 6.43. The minimum absolute atomic E-state index is 0.0108. The SMILES string of the molecule is CCN(CCc1ccncc1)CC(Cl)c1ccc(OC)cc1. The highest BCUT2D eigenvalue weighted by Gasteiger charge is 2.13. The third-order valence-electron chi connectivity index (χ3n) is 3.81. The van der Waals surface area contributed by atoms with Gasteiger partial charge in [0.2, 0.25) is 0 Å². The normalized spacial score (nSPS) is 12.4. The number of aromatic nitrogens is 1. The van der Waals surface area contributed by atoms with Crippen molar-refractivity contribution >= 4 is 11.6 Å². The molecule has 0 aliphatic carbocycles. The second kappa shape index (κ2) is 8.76. The molecule has 118 valence electrons. The zero-order chi connectivity index (χ0) is 15.8. The summed E-state index contributed by atoms with van der Waals surface area (Å²) in [6.45, 7) is 5.00. The van der Waals surface area contributed by atoms with Gasteiger partial charge in [0.05, 0.1) is 12.5 Å². The molecule has 1 aromatic carbocycles. The summed E-state index contributed by atoms with van der Waals surface area (Å²) in [7, 11) is 1.67. The molecule has 1 unspecified atom stereocenters. The third kappa shape index (κ3) is 5.00. The lowest BCUT2D eigenvalue weighted by atomic mass is 10.1. The van der Waals surface area contributed by atoms with Crippen molar-refractivity contribution < 1.29 is 4.74 Å². The molecular weight excluding hydrogens is 296 g/mol. The van der Waals surface area contributed by atoms with Gasteiger partial charge in [-0.1, -0.05) is 19.1 Å². The van der Waals surface area contributed by atoms with Crippen molar-refractivity contribution in [1.29, 1.82) is 0 Å². The molecule has 1 heterocycles. The van der Waals surface area contributed by atoms with Crippen molar-refractivity contribution in [3.63, 3.8) is 0 Å². The highest BCUT2D eigenvalue weighted by atomic mass is 35.5. The molecule has 3 nitrogen and oxygen atoms in total. The molecule has 0 N–H and O–H groups in total. The summed E-state index contributed by atoms with van der Waals surface area (Å²) in [5.74, 6) is 0.859. The van der Waals surface area contributed by atoms with Crippen LogP contribution in [0.4, 0.5) is 0 Å². The fourth-order valence-electron chi connectivity index (χ4n) is 2.36. The van der Waals surface area contributed by atoms with Crippen LogP contribution in [0.2, 0.25) is 0 Å². The Labute approximate surface area is 137 Å². The molecule has 0 saturated carbocycles. The third-order valence-corrected chi connectivity index (χ3v) is 4.20. The zero-order valence-corrected chi connectivity index (χ0v) is 14.0. The van der Waals surface area contributed by atoms with Crippen LogP contribution in [0.1, 0.15) is 23.4 Å². The average Bonchev–Trinajstić information content (AvgIpc) is 2.59. The van der Waals surface area contributed by atoms with E-state index in [4.69, 9.17) is 16.3 Å². The number of halogens is 1. The van der Waals surface area contributed by atoms with Gasteiger partial charge in [0.15, 0.2) is 0 Å². The predicted octanol–water partition coefficient (Wildman–Crippen LogP) is 3.93. The Hall–Kier alpha value is -1.58. The lowest BCUT2D eigenvalue weighted by Crippen LogP contribution is -2.29. The number of hydrogen-bond donors (Lipinski definition) is 0. The first kappa shape index (κ1) is 16.8. The van der Waals surface area contributed by atoms with Crippen molar-refractivity contribution in [1.82, 2.24) is 9.88 Å². The van der Waals surface area contributed by atoms with Gasteiger partial charge in [0, 0.05) is 25.5 Å². The maximum Gasteiger partial charge on any atom is 0.118 e. The topological polar surface area (TPSA) is 25.4 Å². The van der Waals surface area contributed by atoms with E-state index < -0.39 is 0 Å². The van der Waals surface area contributed by atoms with Crippen LogP contribution >= 0.6 is 11.6 Å². The zero-order valence-electron chi connectivity index (χ0n) is 13.2. The van der Waals surface area contributed by atoms with Gasteiger partial charge in [-0.15, -0.1) is 11.6 Å². The molecule has 0 aliphatic rings. The second-order valence-electron chi connectivity index (χ2n) is 5.24. The summed E-state index contributed by atoms with van der Waals surface area (Å²) in [6.07, 6.45) is 4.70. The van der Waals surface area contributed by atoms with Crippen LogP contribution in [-0.4, -0.2) is 36.6 Å². The summed E-state index contributed by atoms with van der Waals surface area (Å²) in [5.41, 5.74) is 2.44. The molecule has 0 spiro atoms. The van der Waals surface area contributed by atoms with Crippen molar-refractivity contribution in [3.8, 4) is 5.75 Å². The van der Waals surface area contributed by atoms with Crippen LogP contribution < -0.4 is 4.74 Å². The van der Waals surface area contributed by atoms with Gasteiger partial charge in [0.25, 0.3) is 0 Å². The molecule has 0 radical (unpaired) electrons. The van der Waals surface area contributed by atoms with Crippen LogP contribution in [0, 0.1) is 0 Å². The molecule has 0 fully saturated rings. The fraction of sp³-hybridized carbons (Fsp3) is 0.389. The Morgan fingerprint density at radius 1 is 1.14 bits per heavy atom. The molecule has 22 heavy (non-hydrogen) atoms. The molecule has 4 heteroatoms. The van der Waals surface area contributed by atoms with Crippen molar-refractivity contribution in [2.75, 3.05) is 26.7 Å². The average molecular weight is 319 g/mol. The maximum atomic E-state index is 6.56. The van der Waals surface area contributed by atoms with Crippen molar-refractivity contribution in [3.05, 3.63) is 59.9 Å². The highest BCUT2D eigenvalue weighted by Crippen LogP contribution is 2.24. The summed E-state index contributed by atoms with van der Waals surface area (Å²) >= 11 is 6.56. The number of likely N-dealkylation sites (N-methyl/N-ethyl adjacent to an activating group) is 1. The monoisotopic (exact) mass is 318 g/mol. The smallest absolute Gasteiger partial charge is 0.118 e. The van der Waals surface area contributed by atoms with Crippen LogP contribution in [-0.2, 0) is 6.42 Å². The van der Waals surface area contributed by atoms with Gasteiger partial charge in [-0.3, -0.25) is 4.98 Å². The van der Waals surface area contributed by atoms with Crippen LogP contribution in [0.5, 0.6) is 5.75 Å². The van der Waals surface area contributed by atoms with Crippen LogP contribution in [0.3, 0.4) is 0 Å². The van der Waals surface area contributed by atoms with E-state index in [9.17, 15) is 0 Å². The number of hydrogen-bond acceptors (Lipinski definition) is 3. The number of pyridine rings is 1. The molecule has 2 rings (SSSR count). The van der Waals surface area contributed by atoms with E-state index in [1.807, 2.05) is 36.7 Å². The van der Waals surface area contributed by atoms with Crippen molar-refractivity contribution in [2.24, 2.45) is 0 Å². The van der Waals surface area contributed by atoms with Gasteiger partial charge < -0.3 is 9.64 Å². The molecule has 2 aromatic rings. The molecule has 1 atom stereocenters. The number of alkyl halides is 1. The standard InChI is InChI=1S/C18H23ClN2O/c1-3-21(13-10-15-8-11-20-12-9-15)14-18(19)16-4-6-17(22-2)7-5-16/h4-9,11-12,18H,3,10,13-14H2,1-2H3. The first-order valence-corrected chi connectivity index (χ1v) is 8.06. The minimum atomic E-state index is -0.0108. The van der Waals surface area contributed by atoms with Gasteiger partial charge in [-0.25, -0.2) is 0 Å². The van der Waals surface area contributed by atoms with Crippen LogP contribution in [0.25, 0.3) is 0 Å². The fourth-order valence-corrected chi connectivity index (χ4v) is 2.70. The summed E-state index contributed by atoms with van der Waals surface area (Å²) < 4.78 is 5.18. The second-order valence-corrected chi connectivity index (χ2v) is 5.77. The molecule has 0 aliphatic heterocycles. The highest BCUT2D eigenvalue weighted by molar-refractivity contribution is 6.21. The van der Waals surface area contributed by atoms with Gasteiger partial charge in [-0.05, 0) is 48.4 Å². The minimum Gasteiger partial charge on any atom is -0.497 e. The Balaban J connectivity index is 1.88. The molecular formula is C18H23ClN2O. The number of rotatable bonds is 8. The van der Waals surface area contributed by atoms with Gasteiger partial charge in [-0.2, -0.15) is 0 Å². The Bertz CT molecular complexity index is 545. The van der Waals surface area contributed by atoms with E-state index in [1.54, 1.807) is 7.11 Å². The first-order chi connectivity index (χ1) is 10.7. The molecule has 1 aromatic heterocycles. The van der Waals surface area contributed by atoms with E-state index in [2.05, 4.69) is 28.9 Å². The maximum absolute atomic E-state index is 6.56. The Morgan fingerprint density at radius 3 is 2.41 bits per heavy atom. The van der Waals surface area contributed by atoms with Crippen LogP contribution in [0.15, 0.2) is 48.8 Å². The number of ether oxygens (including phenoxy) is 1. The molecule has 0 bridgehead atoms. The van der Waals surface area contributed by atoms with E-state index in [0.717, 1.165) is 37.4 Å². The van der Waals surface area contributed by atoms with E-state index in [0.29, 0.717) is 0 Å². The molecule has 0 amide bonds. The summed E-state index contributed by atoms with van der Waals surface area (Å²) in [6, 6.07) is 12.1. The Kier molecular flexibility index (Phi) is 6.69. The van der Waals surface area contributed by atoms with E-state index in [-0.39, 0.29) is 5.38 Å². The molecule has 0 saturated heterocycles.